The zero-order valence-electron chi connectivity index (χ0n) is 19.9. The summed E-state index contributed by atoms with van der Waals surface area (Å²) in [5, 5.41) is 0.773. The molecule has 0 aliphatic carbocycles. The van der Waals surface area contributed by atoms with Gasteiger partial charge in [-0.15, -0.1) is 11.8 Å². The van der Waals surface area contributed by atoms with E-state index in [4.69, 9.17) is 18.9 Å². The van der Waals surface area contributed by atoms with Gasteiger partial charge in [0.05, 0.1) is 26.4 Å². The maximum absolute atomic E-state index is 12.5. The van der Waals surface area contributed by atoms with Gasteiger partial charge in [0.2, 0.25) is 5.75 Å². The van der Waals surface area contributed by atoms with Crippen LogP contribution in [-0.4, -0.2) is 44.1 Å². The summed E-state index contributed by atoms with van der Waals surface area (Å²) in [6.07, 6.45) is 7.45. The monoisotopic (exact) mass is 449 g/mol. The first kappa shape index (κ1) is 28.3. The van der Waals surface area contributed by atoms with Gasteiger partial charge in [0.1, 0.15) is 5.75 Å². The molecule has 172 valence electrons. The van der Waals surface area contributed by atoms with Gasteiger partial charge in [-0.25, -0.2) is 4.79 Å². The summed E-state index contributed by atoms with van der Waals surface area (Å²) in [4.78, 5) is 17.0. The Labute approximate surface area is 191 Å². The van der Waals surface area contributed by atoms with Crippen molar-refractivity contribution < 1.29 is 23.7 Å². The Bertz CT molecular complexity index is 774. The van der Waals surface area contributed by atoms with Crippen LogP contribution in [0.5, 0.6) is 23.0 Å². The number of thioether (sulfide) groups is 1. The maximum Gasteiger partial charge on any atom is 0.337 e. The number of ether oxygens (including phenoxy) is 4. The molecule has 0 saturated carbocycles. The van der Waals surface area contributed by atoms with E-state index in [1.165, 1.54) is 33.1 Å². The Morgan fingerprint density at radius 1 is 1.10 bits per heavy atom. The van der Waals surface area contributed by atoms with Crippen LogP contribution < -0.4 is 18.9 Å². The first-order chi connectivity index (χ1) is 15.1. The van der Waals surface area contributed by atoms with Gasteiger partial charge < -0.3 is 18.9 Å². The number of allylic oxidation sites excluding steroid dienone is 4. The number of nitrogens with zero attached hydrogens (tertiary/aromatic N) is 1. The van der Waals surface area contributed by atoms with Crippen LogP contribution in [-0.2, 0) is 4.79 Å². The third-order valence-corrected chi connectivity index (χ3v) is 4.81. The minimum Gasteiger partial charge on any atom is -0.493 e. The van der Waals surface area contributed by atoms with Crippen LogP contribution in [0.15, 0.2) is 53.6 Å². The van der Waals surface area contributed by atoms with Crippen LogP contribution in [0.25, 0.3) is 0 Å². The number of benzene rings is 1. The predicted octanol–water partition coefficient (Wildman–Crippen LogP) is 5.87. The number of carbonyl (C=O) groups is 1. The number of esters is 1. The smallest absolute Gasteiger partial charge is 0.337 e. The summed E-state index contributed by atoms with van der Waals surface area (Å²) in [5.74, 6) is 1.62. The highest BCUT2D eigenvalue weighted by Crippen LogP contribution is 2.41. The Morgan fingerprint density at radius 2 is 1.68 bits per heavy atom. The minimum atomic E-state index is -0.585. The highest BCUT2D eigenvalue weighted by atomic mass is 32.2. The molecule has 0 fully saturated rings. The number of aliphatic imine (C=N–C) groups is 1. The number of hydrogen-bond acceptors (Lipinski definition) is 7. The van der Waals surface area contributed by atoms with E-state index in [-0.39, 0.29) is 0 Å². The van der Waals surface area contributed by atoms with Crippen LogP contribution in [0.3, 0.4) is 0 Å². The third-order valence-electron chi connectivity index (χ3n) is 3.71. The average Bonchev–Trinajstić information content (AvgIpc) is 3.31. The molecule has 0 aromatic heterocycles. The molecule has 0 amide bonds. The molecule has 1 unspecified atom stereocenters. The van der Waals surface area contributed by atoms with Crippen molar-refractivity contribution in [2.24, 2.45) is 4.99 Å². The van der Waals surface area contributed by atoms with Crippen molar-refractivity contribution in [3.05, 3.63) is 48.6 Å². The van der Waals surface area contributed by atoms with Gasteiger partial charge in [0.15, 0.2) is 17.5 Å². The third kappa shape index (κ3) is 8.17. The molecule has 1 heterocycles. The molecule has 0 bridgehead atoms. The summed E-state index contributed by atoms with van der Waals surface area (Å²) in [6.45, 7) is 13.7. The van der Waals surface area contributed by atoms with Gasteiger partial charge in [-0.1, -0.05) is 58.6 Å². The molecule has 31 heavy (non-hydrogen) atoms. The van der Waals surface area contributed by atoms with E-state index in [1.54, 1.807) is 18.2 Å². The molecule has 0 saturated heterocycles. The van der Waals surface area contributed by atoms with Crippen molar-refractivity contribution in [2.45, 2.75) is 40.7 Å². The molecule has 0 radical (unpaired) electrons. The lowest BCUT2D eigenvalue weighted by molar-refractivity contribution is -0.135. The second kappa shape index (κ2) is 16.1. The van der Waals surface area contributed by atoms with Gasteiger partial charge in [-0.2, -0.15) is 0 Å². The number of methoxy groups -OCH3 is 3. The molecule has 1 aromatic carbocycles. The lowest BCUT2D eigenvalue weighted by Crippen LogP contribution is -2.24. The van der Waals surface area contributed by atoms with Gasteiger partial charge in [-0.3, -0.25) is 4.99 Å². The summed E-state index contributed by atoms with van der Waals surface area (Å²) in [7, 11) is 4.51. The predicted molar refractivity (Wildman–Crippen MR) is 131 cm³/mol. The molecular formula is C24H35NO5S. The van der Waals surface area contributed by atoms with Crippen LogP contribution in [0.2, 0.25) is 0 Å². The van der Waals surface area contributed by atoms with Crippen molar-refractivity contribution in [1.29, 1.82) is 0 Å². The number of hydrogen-bond donors (Lipinski definition) is 0. The number of carbonyl (C=O) groups excluding carboxylic acids is 1. The molecule has 1 aliphatic rings. The van der Waals surface area contributed by atoms with E-state index in [0.29, 0.717) is 28.8 Å². The highest BCUT2D eigenvalue weighted by molar-refractivity contribution is 8.14. The van der Waals surface area contributed by atoms with Gasteiger partial charge in [0.25, 0.3) is 0 Å². The summed E-state index contributed by atoms with van der Waals surface area (Å²) in [6, 6.07) is 2.57. The first-order valence-electron chi connectivity index (χ1n) is 10.3. The van der Waals surface area contributed by atoms with Crippen molar-refractivity contribution in [3.8, 4) is 23.0 Å². The molecule has 6 nitrogen and oxygen atoms in total. The summed E-state index contributed by atoms with van der Waals surface area (Å²) < 4.78 is 21.3. The van der Waals surface area contributed by atoms with E-state index in [1.807, 2.05) is 52.8 Å². The van der Waals surface area contributed by atoms with Crippen molar-refractivity contribution in [2.75, 3.05) is 27.1 Å². The zero-order chi connectivity index (χ0) is 23.8. The van der Waals surface area contributed by atoms with Crippen molar-refractivity contribution >= 4 is 22.8 Å². The van der Waals surface area contributed by atoms with Crippen LogP contribution in [0.1, 0.15) is 34.6 Å². The normalized spacial score (nSPS) is 15.0. The molecule has 2 rings (SSSR count). The molecular weight excluding hydrogens is 414 g/mol. The van der Waals surface area contributed by atoms with Gasteiger partial charge in [-0.05, 0) is 6.92 Å². The molecule has 1 aromatic rings. The SMILES string of the molecule is C=C/C(=C\C=C/C)C1=NC(C(=O)Oc2cc(OC)c(OC)c(OC)c2)CS1.CC.CC. The Hall–Kier alpha value is -2.67. The molecule has 7 heteroatoms. The summed E-state index contributed by atoms with van der Waals surface area (Å²) in [5.41, 5.74) is 0.876. The van der Waals surface area contributed by atoms with Crippen LogP contribution >= 0.6 is 11.8 Å². The van der Waals surface area contributed by atoms with Crippen molar-refractivity contribution in [1.82, 2.24) is 0 Å². The minimum absolute atomic E-state index is 0.302. The van der Waals surface area contributed by atoms with Crippen LogP contribution in [0, 0.1) is 0 Å². The lowest BCUT2D eigenvalue weighted by atomic mass is 10.2. The molecule has 1 aliphatic heterocycles. The second-order valence-electron chi connectivity index (χ2n) is 5.40. The fourth-order valence-corrected chi connectivity index (χ4v) is 3.43. The van der Waals surface area contributed by atoms with Gasteiger partial charge >= 0.3 is 5.97 Å². The Kier molecular flexibility index (Phi) is 14.7. The fourth-order valence-electron chi connectivity index (χ4n) is 2.38. The maximum atomic E-state index is 12.5. The standard InChI is InChI=1S/C20H23NO5S.2C2H6/c1-6-8-9-13(7-2)19-21-15(12-27-19)20(22)26-14-10-16(23-3)18(25-5)17(11-14)24-4;2*1-2/h6-11,15H,2,12H2,1,3-5H3;2*1-2H3/b8-6-,13-9+;;. The Morgan fingerprint density at radius 3 is 2.13 bits per heavy atom. The van der Waals surface area contributed by atoms with E-state index in [9.17, 15) is 4.79 Å². The largest absolute Gasteiger partial charge is 0.493 e. The van der Waals surface area contributed by atoms with Gasteiger partial charge in [0, 0.05) is 23.5 Å². The number of rotatable bonds is 8. The first-order valence-corrected chi connectivity index (χ1v) is 11.2. The van der Waals surface area contributed by atoms with E-state index >= 15 is 0 Å². The lowest BCUT2D eigenvalue weighted by Gasteiger charge is -2.14. The zero-order valence-corrected chi connectivity index (χ0v) is 20.7. The van der Waals surface area contributed by atoms with E-state index < -0.39 is 12.0 Å². The average molecular weight is 450 g/mol. The Balaban J connectivity index is 0.00000212. The molecule has 0 N–H and O–H groups in total. The van der Waals surface area contributed by atoms with Crippen LogP contribution in [0.4, 0.5) is 0 Å². The summed E-state index contributed by atoms with van der Waals surface area (Å²) >= 11 is 1.50. The molecule has 1 atom stereocenters. The fraction of sp³-hybridized carbons (Fsp3) is 0.417. The van der Waals surface area contributed by atoms with Crippen molar-refractivity contribution in [3.63, 3.8) is 0 Å². The quantitative estimate of drug-likeness (QED) is 0.281. The topological polar surface area (TPSA) is 66.4 Å². The molecule has 0 spiro atoms. The second-order valence-corrected chi connectivity index (χ2v) is 6.40. The van der Waals surface area contributed by atoms with E-state index in [2.05, 4.69) is 11.6 Å². The van der Waals surface area contributed by atoms with E-state index in [0.717, 1.165) is 10.6 Å². The highest BCUT2D eigenvalue weighted by Gasteiger charge is 2.28.